The number of nitrogens with zero attached hydrogens (tertiary/aromatic N) is 4. The fourth-order valence-electron chi connectivity index (χ4n) is 4.43. The number of thiophene rings is 1. The predicted molar refractivity (Wildman–Crippen MR) is 123 cm³/mol. The number of hydrogen-bond donors (Lipinski definition) is 1. The van der Waals surface area contributed by atoms with Crippen LogP contribution < -0.4 is 14.8 Å². The fraction of sp³-hybridized carbons (Fsp3) is 0.250. The van der Waals surface area contributed by atoms with Crippen LogP contribution in [0.1, 0.15) is 45.0 Å². The Morgan fingerprint density at radius 2 is 1.94 bits per heavy atom. The van der Waals surface area contributed by atoms with Gasteiger partial charge in [-0.1, -0.05) is 0 Å². The van der Waals surface area contributed by atoms with Crippen molar-refractivity contribution in [2.24, 2.45) is 0 Å². The molecule has 12 heteroatoms. The fourth-order valence-corrected chi connectivity index (χ4v) is 5.67. The summed E-state index contributed by atoms with van der Waals surface area (Å²) in [6.07, 6.45) is -1.18. The van der Waals surface area contributed by atoms with Crippen molar-refractivity contribution in [1.29, 1.82) is 5.26 Å². The second-order valence-electron chi connectivity index (χ2n) is 8.37. The van der Waals surface area contributed by atoms with Gasteiger partial charge in [-0.25, -0.2) is 9.50 Å². The van der Waals surface area contributed by atoms with Crippen LogP contribution in [0.5, 0.6) is 11.5 Å². The number of rotatable bonds is 3. The minimum atomic E-state index is -4.76. The van der Waals surface area contributed by atoms with Crippen molar-refractivity contribution in [2.75, 3.05) is 12.1 Å². The average molecular weight is 511 g/mol. The zero-order chi connectivity index (χ0) is 25.0. The summed E-state index contributed by atoms with van der Waals surface area (Å²) in [5.41, 5.74) is 0.308. The van der Waals surface area contributed by atoms with E-state index in [0.717, 1.165) is 42.2 Å². The van der Waals surface area contributed by atoms with Crippen molar-refractivity contribution in [2.45, 2.75) is 31.9 Å². The van der Waals surface area contributed by atoms with Crippen LogP contribution in [-0.4, -0.2) is 27.3 Å². The second kappa shape index (κ2) is 8.23. The van der Waals surface area contributed by atoms with E-state index in [0.29, 0.717) is 32.1 Å². The Bertz CT molecular complexity index is 1580. The molecule has 0 saturated heterocycles. The molecular weight excluding hydrogens is 495 g/mol. The highest BCUT2D eigenvalue weighted by Gasteiger charge is 2.36. The molecule has 1 aliphatic carbocycles. The lowest BCUT2D eigenvalue weighted by Crippen LogP contribution is -2.15. The number of carbonyl (C=O) groups excluding carboxylic acids is 1. The molecule has 1 N–H and O–H groups in total. The maximum atomic E-state index is 14.0. The van der Waals surface area contributed by atoms with Crippen molar-refractivity contribution in [3.63, 3.8) is 0 Å². The highest BCUT2D eigenvalue weighted by molar-refractivity contribution is 7.16. The molecule has 0 atom stereocenters. The van der Waals surface area contributed by atoms with Crippen molar-refractivity contribution in [3.8, 4) is 28.8 Å². The zero-order valence-corrected chi connectivity index (χ0v) is 19.3. The van der Waals surface area contributed by atoms with Gasteiger partial charge in [0.05, 0.1) is 11.3 Å². The molecule has 0 saturated carbocycles. The summed E-state index contributed by atoms with van der Waals surface area (Å²) < 4.78 is 53.0. The van der Waals surface area contributed by atoms with Gasteiger partial charge >= 0.3 is 6.18 Å². The summed E-state index contributed by atoms with van der Waals surface area (Å²) in [7, 11) is 0. The van der Waals surface area contributed by atoms with E-state index in [1.54, 1.807) is 18.2 Å². The van der Waals surface area contributed by atoms with Crippen LogP contribution in [0, 0.1) is 11.3 Å². The van der Waals surface area contributed by atoms with Crippen molar-refractivity contribution >= 4 is 27.9 Å². The number of carbonyl (C=O) groups is 1. The summed E-state index contributed by atoms with van der Waals surface area (Å²) in [6.45, 7) is 0.0287. The van der Waals surface area contributed by atoms with Crippen LogP contribution in [-0.2, 0) is 19.0 Å². The molecule has 182 valence electrons. The van der Waals surface area contributed by atoms with Gasteiger partial charge in [0.1, 0.15) is 11.1 Å². The van der Waals surface area contributed by atoms with E-state index < -0.39 is 17.8 Å². The maximum absolute atomic E-state index is 14.0. The molecule has 0 fully saturated rings. The maximum Gasteiger partial charge on any atom is 0.433 e. The first-order valence-corrected chi connectivity index (χ1v) is 11.9. The second-order valence-corrected chi connectivity index (χ2v) is 9.48. The first-order valence-electron chi connectivity index (χ1n) is 11.1. The van der Waals surface area contributed by atoms with E-state index in [1.807, 2.05) is 0 Å². The summed E-state index contributed by atoms with van der Waals surface area (Å²) in [5, 5.41) is 16.6. The third kappa shape index (κ3) is 3.72. The third-order valence-electron chi connectivity index (χ3n) is 6.13. The molecule has 0 unspecified atom stereocenters. The highest BCUT2D eigenvalue weighted by Crippen LogP contribution is 2.39. The molecule has 0 bridgehead atoms. The van der Waals surface area contributed by atoms with E-state index in [2.05, 4.69) is 21.5 Å². The number of hydrogen-bond acceptors (Lipinski definition) is 7. The number of nitrogens with one attached hydrogen (secondary N) is 1. The minimum Gasteiger partial charge on any atom is -0.454 e. The molecule has 2 aliphatic rings. The molecule has 4 heterocycles. The Hall–Kier alpha value is -4.11. The van der Waals surface area contributed by atoms with E-state index in [-0.39, 0.29) is 23.8 Å². The predicted octanol–water partition coefficient (Wildman–Crippen LogP) is 5.21. The van der Waals surface area contributed by atoms with Gasteiger partial charge in [-0.15, -0.1) is 11.3 Å². The Kier molecular flexibility index (Phi) is 5.11. The number of nitriles is 1. The minimum absolute atomic E-state index is 0.0287. The molecule has 1 amide bonds. The number of halogens is 3. The molecular formula is C24H16F3N5O3S. The van der Waals surface area contributed by atoms with Crippen LogP contribution in [0.15, 0.2) is 30.3 Å². The van der Waals surface area contributed by atoms with Gasteiger partial charge in [0.25, 0.3) is 5.91 Å². The zero-order valence-electron chi connectivity index (χ0n) is 18.5. The lowest BCUT2D eigenvalue weighted by molar-refractivity contribution is -0.142. The lowest BCUT2D eigenvalue weighted by Gasteiger charge is -2.11. The SMILES string of the molecule is N#Cc1c(NC(=O)c2cc3nc(-c4ccc5c(c4)OCO5)cc(C(F)(F)F)n3n2)sc2c1CCCC2. The smallest absolute Gasteiger partial charge is 0.433 e. The number of fused-ring (bicyclic) bond motifs is 3. The summed E-state index contributed by atoms with van der Waals surface area (Å²) in [5.74, 6) is 0.183. The Morgan fingerprint density at radius 3 is 2.75 bits per heavy atom. The summed E-state index contributed by atoms with van der Waals surface area (Å²) in [4.78, 5) is 18.3. The molecule has 0 radical (unpaired) electrons. The summed E-state index contributed by atoms with van der Waals surface area (Å²) >= 11 is 1.33. The van der Waals surface area contributed by atoms with Crippen LogP contribution in [0.3, 0.4) is 0 Å². The number of aromatic nitrogens is 3. The number of alkyl halides is 3. The van der Waals surface area contributed by atoms with Gasteiger partial charge in [-0.2, -0.15) is 23.5 Å². The average Bonchev–Trinajstić information content (AvgIpc) is 3.58. The topological polar surface area (TPSA) is 102 Å². The molecule has 3 aromatic heterocycles. The molecule has 1 aromatic carbocycles. The Labute approximate surface area is 205 Å². The van der Waals surface area contributed by atoms with Gasteiger partial charge in [0, 0.05) is 16.5 Å². The molecule has 0 spiro atoms. The molecule has 36 heavy (non-hydrogen) atoms. The van der Waals surface area contributed by atoms with Crippen LogP contribution >= 0.6 is 11.3 Å². The molecule has 6 rings (SSSR count). The van der Waals surface area contributed by atoms with E-state index in [1.165, 1.54) is 17.4 Å². The number of anilines is 1. The monoisotopic (exact) mass is 511 g/mol. The Balaban J connectivity index is 1.39. The van der Waals surface area contributed by atoms with Crippen molar-refractivity contribution in [1.82, 2.24) is 14.6 Å². The number of aryl methyl sites for hydroxylation is 1. The largest absolute Gasteiger partial charge is 0.454 e. The molecule has 8 nitrogen and oxygen atoms in total. The first-order chi connectivity index (χ1) is 17.3. The van der Waals surface area contributed by atoms with Crippen LogP contribution in [0.4, 0.5) is 18.2 Å². The van der Waals surface area contributed by atoms with E-state index in [9.17, 15) is 23.2 Å². The van der Waals surface area contributed by atoms with Crippen molar-refractivity contribution in [3.05, 3.63) is 57.7 Å². The van der Waals surface area contributed by atoms with Crippen LogP contribution in [0.2, 0.25) is 0 Å². The van der Waals surface area contributed by atoms with E-state index >= 15 is 0 Å². The third-order valence-corrected chi connectivity index (χ3v) is 7.34. The van der Waals surface area contributed by atoms with Crippen molar-refractivity contribution < 1.29 is 27.4 Å². The molecule has 1 aliphatic heterocycles. The lowest BCUT2D eigenvalue weighted by atomic mass is 9.96. The summed E-state index contributed by atoms with van der Waals surface area (Å²) in [6, 6.07) is 8.95. The van der Waals surface area contributed by atoms with Gasteiger partial charge in [-0.05, 0) is 55.5 Å². The first kappa shape index (κ1) is 22.4. The van der Waals surface area contributed by atoms with Gasteiger partial charge in [0.15, 0.2) is 28.5 Å². The van der Waals surface area contributed by atoms with Gasteiger partial charge in [-0.3, -0.25) is 4.79 Å². The number of amides is 1. The van der Waals surface area contributed by atoms with E-state index in [4.69, 9.17) is 9.47 Å². The van der Waals surface area contributed by atoms with Gasteiger partial charge < -0.3 is 14.8 Å². The van der Waals surface area contributed by atoms with Crippen LogP contribution in [0.25, 0.3) is 16.9 Å². The Morgan fingerprint density at radius 1 is 1.14 bits per heavy atom. The standard InChI is InChI=1S/C24H16F3N5O3S/c25-24(26,27)20-8-15(12-5-6-17-18(7-12)35-11-34-17)29-21-9-16(31-32(20)21)22(33)30-23-14(10-28)13-3-1-2-4-19(13)36-23/h5-9H,1-4,11H2,(H,30,33). The number of ether oxygens (including phenoxy) is 2. The normalized spacial score (nSPS) is 14.5. The highest BCUT2D eigenvalue weighted by atomic mass is 32.1. The quantitative estimate of drug-likeness (QED) is 0.405. The molecule has 4 aromatic rings. The number of benzene rings is 1. The van der Waals surface area contributed by atoms with Gasteiger partial charge in [0.2, 0.25) is 6.79 Å².